The van der Waals surface area contributed by atoms with Gasteiger partial charge in [-0.3, -0.25) is 4.31 Å². The molecule has 1 N–H and O–H groups in total. The number of rotatable bonds is 3. The summed E-state index contributed by atoms with van der Waals surface area (Å²) >= 11 is 6.35. The predicted molar refractivity (Wildman–Crippen MR) is 114 cm³/mol. The van der Waals surface area contributed by atoms with Gasteiger partial charge in [-0.15, -0.1) is 0 Å². The average molecular weight is 442 g/mol. The van der Waals surface area contributed by atoms with Crippen molar-refractivity contribution in [2.45, 2.75) is 17.7 Å². The number of imidazole rings is 1. The summed E-state index contributed by atoms with van der Waals surface area (Å²) < 4.78 is 29.7. The van der Waals surface area contributed by atoms with Crippen LogP contribution in [0, 0.1) is 0 Å². The summed E-state index contributed by atoms with van der Waals surface area (Å²) in [5.74, 6) is 0. The van der Waals surface area contributed by atoms with E-state index in [9.17, 15) is 13.2 Å². The number of aryl methyl sites for hydroxylation is 1. The van der Waals surface area contributed by atoms with Crippen LogP contribution < -0.4 is 9.99 Å². The van der Waals surface area contributed by atoms with E-state index < -0.39 is 15.7 Å². The number of nitrogens with zero attached hydrogens (tertiary/aromatic N) is 4. The van der Waals surface area contributed by atoms with Crippen molar-refractivity contribution in [1.82, 2.24) is 19.5 Å². The first kappa shape index (κ1) is 18.8. The van der Waals surface area contributed by atoms with Gasteiger partial charge in [-0.2, -0.15) is 0 Å². The van der Waals surface area contributed by atoms with Crippen molar-refractivity contribution in [3.8, 4) is 5.69 Å². The molecule has 0 aliphatic carbocycles. The van der Waals surface area contributed by atoms with Gasteiger partial charge in [0.1, 0.15) is 11.8 Å². The molecular weight excluding hydrogens is 426 g/mol. The Labute approximate surface area is 176 Å². The number of fused-ring (bicyclic) bond motifs is 2. The lowest BCUT2D eigenvalue weighted by Gasteiger charge is -2.30. The fourth-order valence-corrected chi connectivity index (χ4v) is 5.54. The van der Waals surface area contributed by atoms with Gasteiger partial charge in [0.2, 0.25) is 0 Å². The maximum atomic E-state index is 13.5. The number of H-pyrrole nitrogens is 1. The molecule has 4 aromatic rings. The summed E-state index contributed by atoms with van der Waals surface area (Å²) in [6, 6.07) is 11.8. The maximum absolute atomic E-state index is 13.5. The van der Waals surface area contributed by atoms with Crippen LogP contribution in [0.2, 0.25) is 5.02 Å². The van der Waals surface area contributed by atoms with Gasteiger partial charge in [0.05, 0.1) is 27.5 Å². The number of anilines is 1. The van der Waals surface area contributed by atoms with Crippen molar-refractivity contribution >= 4 is 38.5 Å². The van der Waals surface area contributed by atoms with Crippen LogP contribution in [0.5, 0.6) is 0 Å². The highest BCUT2D eigenvalue weighted by Gasteiger charge is 2.29. The molecule has 0 saturated heterocycles. The second-order valence-corrected chi connectivity index (χ2v) is 9.22. The van der Waals surface area contributed by atoms with Crippen LogP contribution in [0.3, 0.4) is 0 Å². The highest BCUT2D eigenvalue weighted by atomic mass is 35.5. The van der Waals surface area contributed by atoms with Crippen molar-refractivity contribution in [2.24, 2.45) is 0 Å². The topological polar surface area (TPSA) is 101 Å². The molecule has 152 valence electrons. The van der Waals surface area contributed by atoms with Gasteiger partial charge in [0.25, 0.3) is 10.0 Å². The lowest BCUT2D eigenvalue weighted by atomic mass is 10.0. The van der Waals surface area contributed by atoms with Gasteiger partial charge in [0, 0.05) is 6.54 Å². The zero-order valence-electron chi connectivity index (χ0n) is 15.6. The van der Waals surface area contributed by atoms with Crippen LogP contribution in [0.1, 0.15) is 12.0 Å². The zero-order valence-corrected chi connectivity index (χ0v) is 17.2. The van der Waals surface area contributed by atoms with Crippen molar-refractivity contribution in [2.75, 3.05) is 10.8 Å². The highest BCUT2D eigenvalue weighted by molar-refractivity contribution is 7.92. The van der Waals surface area contributed by atoms with Crippen molar-refractivity contribution < 1.29 is 8.42 Å². The molecule has 0 fully saturated rings. The van der Waals surface area contributed by atoms with Crippen LogP contribution in [0.4, 0.5) is 5.69 Å². The molecule has 0 saturated carbocycles. The molecular formula is C20H16ClN5O3S. The molecule has 2 aromatic heterocycles. The molecule has 8 nitrogen and oxygen atoms in total. The average Bonchev–Trinajstić information content (AvgIpc) is 3.09. The summed E-state index contributed by atoms with van der Waals surface area (Å²) in [6.45, 7) is 0.386. The van der Waals surface area contributed by atoms with Crippen LogP contribution in [0.25, 0.3) is 16.9 Å². The van der Waals surface area contributed by atoms with E-state index in [1.807, 2.05) is 24.3 Å². The molecule has 2 aromatic carbocycles. The van der Waals surface area contributed by atoms with Gasteiger partial charge < -0.3 is 4.98 Å². The molecule has 0 unspecified atom stereocenters. The largest absolute Gasteiger partial charge is 0.332 e. The van der Waals surface area contributed by atoms with E-state index in [-0.39, 0.29) is 15.6 Å². The van der Waals surface area contributed by atoms with E-state index in [2.05, 4.69) is 15.0 Å². The van der Waals surface area contributed by atoms with Gasteiger partial charge in [-0.1, -0.05) is 29.8 Å². The fourth-order valence-electron chi connectivity index (χ4n) is 3.78. The number of halogens is 1. The number of hydrogen-bond donors (Lipinski definition) is 1. The van der Waals surface area contributed by atoms with E-state index in [4.69, 9.17) is 11.6 Å². The molecule has 0 atom stereocenters. The number of aromatic nitrogens is 4. The maximum Gasteiger partial charge on any atom is 0.332 e. The number of aromatic amines is 1. The van der Waals surface area contributed by atoms with Gasteiger partial charge in [-0.05, 0) is 42.7 Å². The summed E-state index contributed by atoms with van der Waals surface area (Å²) in [4.78, 5) is 23.3. The molecule has 0 spiro atoms. The van der Waals surface area contributed by atoms with E-state index in [1.165, 1.54) is 39.6 Å². The standard InChI is InChI=1S/C20H16ClN5O3S/c21-15-8-7-14(10-18(15)26-19-16(24-20(26)27)11-22-12-23-19)30(28,29)25-9-3-5-13-4-1-2-6-17(13)25/h1-2,4,6-8,10-12H,3,5,9H2,(H,24,27). The van der Waals surface area contributed by atoms with Gasteiger partial charge in [0.15, 0.2) is 5.65 Å². The summed E-state index contributed by atoms with van der Waals surface area (Å²) in [5, 5.41) is 0.231. The Morgan fingerprint density at radius 1 is 1.10 bits per heavy atom. The third kappa shape index (κ3) is 2.89. The minimum absolute atomic E-state index is 0.0499. The molecule has 0 bridgehead atoms. The third-order valence-electron chi connectivity index (χ3n) is 5.16. The highest BCUT2D eigenvalue weighted by Crippen LogP contribution is 2.33. The number of benzene rings is 2. The van der Waals surface area contributed by atoms with Crippen LogP contribution in [-0.2, 0) is 16.4 Å². The summed E-state index contributed by atoms with van der Waals surface area (Å²) in [6.07, 6.45) is 4.35. The van der Waals surface area contributed by atoms with Crippen LogP contribution in [-0.4, -0.2) is 34.5 Å². The molecule has 10 heteroatoms. The second kappa shape index (κ2) is 6.96. The minimum atomic E-state index is -3.86. The Kier molecular flexibility index (Phi) is 4.37. The minimum Gasteiger partial charge on any atom is -0.303 e. The Hall–Kier alpha value is -3.17. The number of sulfonamides is 1. The van der Waals surface area contributed by atoms with Crippen molar-refractivity contribution in [1.29, 1.82) is 0 Å². The molecule has 1 aliphatic heterocycles. The number of nitrogens with one attached hydrogen (secondary N) is 1. The lowest BCUT2D eigenvalue weighted by molar-refractivity contribution is 0.586. The molecule has 5 rings (SSSR count). The monoisotopic (exact) mass is 441 g/mol. The normalized spacial score (nSPS) is 14.1. The van der Waals surface area contributed by atoms with Crippen molar-refractivity contribution in [3.05, 3.63) is 76.1 Å². The van der Waals surface area contributed by atoms with Gasteiger partial charge >= 0.3 is 5.69 Å². The summed E-state index contributed by atoms with van der Waals surface area (Å²) in [7, 11) is -3.86. The first-order valence-electron chi connectivity index (χ1n) is 9.28. The smallest absolute Gasteiger partial charge is 0.303 e. The first-order chi connectivity index (χ1) is 14.5. The first-order valence-corrected chi connectivity index (χ1v) is 11.1. The molecule has 3 heterocycles. The quantitative estimate of drug-likeness (QED) is 0.526. The van der Waals surface area contributed by atoms with Crippen LogP contribution >= 0.6 is 11.6 Å². The van der Waals surface area contributed by atoms with Gasteiger partial charge in [-0.25, -0.2) is 27.7 Å². The van der Waals surface area contributed by atoms with E-state index >= 15 is 0 Å². The van der Waals surface area contributed by atoms with E-state index in [1.54, 1.807) is 0 Å². The number of para-hydroxylation sites is 1. The van der Waals surface area contributed by atoms with Crippen LogP contribution in [0.15, 0.2) is 64.7 Å². The Morgan fingerprint density at radius 2 is 1.93 bits per heavy atom. The Bertz CT molecular complexity index is 1440. The van der Waals surface area contributed by atoms with Crippen molar-refractivity contribution in [3.63, 3.8) is 0 Å². The Balaban J connectivity index is 1.67. The van der Waals surface area contributed by atoms with E-state index in [0.717, 1.165) is 18.4 Å². The lowest BCUT2D eigenvalue weighted by Crippen LogP contribution is -2.35. The molecule has 0 radical (unpaired) electrons. The second-order valence-electron chi connectivity index (χ2n) is 6.95. The fraction of sp³-hybridized carbons (Fsp3) is 0.150. The number of hydrogen-bond acceptors (Lipinski definition) is 5. The molecule has 1 aliphatic rings. The third-order valence-corrected chi connectivity index (χ3v) is 7.29. The summed E-state index contributed by atoms with van der Waals surface area (Å²) in [5.41, 5.74) is 2.16. The van der Waals surface area contributed by atoms with E-state index in [0.29, 0.717) is 23.4 Å². The Morgan fingerprint density at radius 3 is 2.80 bits per heavy atom. The molecule has 30 heavy (non-hydrogen) atoms. The predicted octanol–water partition coefficient (Wildman–Crippen LogP) is 2.90. The SMILES string of the molecule is O=c1[nH]c2cncnc2n1-c1cc(S(=O)(=O)N2CCCc3ccccc32)ccc1Cl. The zero-order chi connectivity index (χ0) is 20.9. The molecule has 0 amide bonds.